The highest BCUT2D eigenvalue weighted by molar-refractivity contribution is 5.99. The van der Waals surface area contributed by atoms with E-state index in [1.54, 1.807) is 11.8 Å². The molecule has 0 aliphatic carbocycles. The van der Waals surface area contributed by atoms with Gasteiger partial charge in [0.05, 0.1) is 18.4 Å². The molecular weight excluding hydrogens is 364 g/mol. The van der Waals surface area contributed by atoms with Crippen LogP contribution in [0.3, 0.4) is 0 Å². The number of benzene rings is 2. The second-order valence-corrected chi connectivity index (χ2v) is 7.03. The summed E-state index contributed by atoms with van der Waals surface area (Å²) in [5.41, 5.74) is 5.21. The molecule has 2 aromatic heterocycles. The molecule has 0 aliphatic rings. The molecule has 6 heteroatoms. The zero-order chi connectivity index (χ0) is 20.4. The van der Waals surface area contributed by atoms with Crippen molar-refractivity contribution in [2.75, 3.05) is 13.7 Å². The largest absolute Gasteiger partial charge is 0.497 e. The fourth-order valence-corrected chi connectivity index (χ4v) is 3.65. The number of hydrogen-bond acceptors (Lipinski definition) is 3. The molecule has 0 spiro atoms. The van der Waals surface area contributed by atoms with E-state index in [0.29, 0.717) is 12.1 Å². The minimum Gasteiger partial charge on any atom is -0.497 e. The molecule has 29 heavy (non-hydrogen) atoms. The molecule has 0 unspecified atom stereocenters. The average molecular weight is 388 g/mol. The maximum atomic E-state index is 13.0. The molecule has 148 valence electrons. The van der Waals surface area contributed by atoms with Crippen molar-refractivity contribution in [1.82, 2.24) is 14.8 Å². The highest BCUT2D eigenvalue weighted by Gasteiger charge is 2.15. The van der Waals surface area contributed by atoms with Gasteiger partial charge >= 0.3 is 0 Å². The third-order valence-corrected chi connectivity index (χ3v) is 5.17. The van der Waals surface area contributed by atoms with Crippen molar-refractivity contribution in [2.45, 2.75) is 20.3 Å². The van der Waals surface area contributed by atoms with Crippen molar-refractivity contribution in [3.8, 4) is 11.4 Å². The number of aliphatic imine (C=N–C) groups is 1. The maximum absolute atomic E-state index is 13.0. The number of ether oxygens (including phenoxy) is 1. The Kier molecular flexibility index (Phi) is 5.08. The summed E-state index contributed by atoms with van der Waals surface area (Å²) < 4.78 is 6.73. The lowest BCUT2D eigenvalue weighted by molar-refractivity contribution is 0.414. The van der Waals surface area contributed by atoms with E-state index in [9.17, 15) is 4.79 Å². The SMILES string of the molecule is COc1ccc(-n2[nH]c(C)c(C(C)=NCCc3c[nH]c4ccccc34)c2=O)cc1. The van der Waals surface area contributed by atoms with Crippen LogP contribution in [0.25, 0.3) is 16.6 Å². The monoisotopic (exact) mass is 388 g/mol. The average Bonchev–Trinajstić information content (AvgIpc) is 3.28. The summed E-state index contributed by atoms with van der Waals surface area (Å²) in [5.74, 6) is 0.750. The lowest BCUT2D eigenvalue weighted by atomic mass is 10.1. The third-order valence-electron chi connectivity index (χ3n) is 5.17. The summed E-state index contributed by atoms with van der Waals surface area (Å²) in [5, 5.41) is 4.38. The molecule has 0 bridgehead atoms. The van der Waals surface area contributed by atoms with Crippen molar-refractivity contribution in [3.05, 3.63) is 81.9 Å². The Balaban J connectivity index is 1.55. The number of nitrogens with one attached hydrogen (secondary N) is 2. The van der Waals surface area contributed by atoms with Gasteiger partial charge in [0.1, 0.15) is 5.75 Å². The second-order valence-electron chi connectivity index (χ2n) is 7.03. The molecule has 0 radical (unpaired) electrons. The van der Waals surface area contributed by atoms with E-state index >= 15 is 0 Å². The fourth-order valence-electron chi connectivity index (χ4n) is 3.65. The molecule has 0 fully saturated rings. The molecule has 4 aromatic rings. The number of aromatic amines is 2. The van der Waals surface area contributed by atoms with E-state index in [1.165, 1.54) is 10.9 Å². The lowest BCUT2D eigenvalue weighted by Gasteiger charge is -2.03. The fraction of sp³-hybridized carbons (Fsp3) is 0.217. The molecule has 0 saturated heterocycles. The van der Waals surface area contributed by atoms with Crippen LogP contribution in [0.15, 0.2) is 64.5 Å². The van der Waals surface area contributed by atoms with Gasteiger partial charge in [-0.1, -0.05) is 18.2 Å². The van der Waals surface area contributed by atoms with Crippen LogP contribution in [-0.4, -0.2) is 34.1 Å². The summed E-state index contributed by atoms with van der Waals surface area (Å²) in [7, 11) is 1.62. The number of H-pyrrole nitrogens is 2. The van der Waals surface area contributed by atoms with Crippen LogP contribution in [0.4, 0.5) is 0 Å². The van der Waals surface area contributed by atoms with Gasteiger partial charge in [0.2, 0.25) is 0 Å². The van der Waals surface area contributed by atoms with Gasteiger partial charge in [-0.3, -0.25) is 14.9 Å². The molecule has 0 atom stereocenters. The highest BCUT2D eigenvalue weighted by atomic mass is 16.5. The molecular formula is C23H24N4O2. The topological polar surface area (TPSA) is 75.2 Å². The molecule has 2 heterocycles. The van der Waals surface area contributed by atoms with Crippen LogP contribution < -0.4 is 10.3 Å². The molecule has 0 aliphatic heterocycles. The van der Waals surface area contributed by atoms with Crippen molar-refractivity contribution >= 4 is 16.6 Å². The predicted molar refractivity (Wildman–Crippen MR) is 117 cm³/mol. The van der Waals surface area contributed by atoms with Crippen LogP contribution in [0, 0.1) is 6.92 Å². The summed E-state index contributed by atoms with van der Waals surface area (Å²) in [4.78, 5) is 20.9. The number of fused-ring (bicyclic) bond motifs is 1. The van der Waals surface area contributed by atoms with Gasteiger partial charge in [-0.05, 0) is 56.2 Å². The van der Waals surface area contributed by atoms with Gasteiger partial charge in [-0.2, -0.15) is 0 Å². The predicted octanol–water partition coefficient (Wildman–Crippen LogP) is 4.02. The van der Waals surface area contributed by atoms with Gasteiger partial charge in [0.25, 0.3) is 5.56 Å². The van der Waals surface area contributed by atoms with Crippen LogP contribution in [0.2, 0.25) is 0 Å². The second kappa shape index (κ2) is 7.83. The summed E-state index contributed by atoms with van der Waals surface area (Å²) in [6.07, 6.45) is 2.85. The Morgan fingerprint density at radius 2 is 1.90 bits per heavy atom. The lowest BCUT2D eigenvalue weighted by Crippen LogP contribution is -2.19. The number of aromatic nitrogens is 3. The van der Waals surface area contributed by atoms with Crippen LogP contribution in [0.1, 0.15) is 23.7 Å². The summed E-state index contributed by atoms with van der Waals surface area (Å²) >= 11 is 0. The summed E-state index contributed by atoms with van der Waals surface area (Å²) in [6, 6.07) is 15.6. The quantitative estimate of drug-likeness (QED) is 0.490. The van der Waals surface area contributed by atoms with E-state index in [-0.39, 0.29) is 5.56 Å². The van der Waals surface area contributed by atoms with Gasteiger partial charge < -0.3 is 9.72 Å². The number of hydrogen-bond donors (Lipinski definition) is 2. The third kappa shape index (κ3) is 3.61. The Morgan fingerprint density at radius 3 is 2.66 bits per heavy atom. The Bertz CT molecular complexity index is 1230. The van der Waals surface area contributed by atoms with Crippen LogP contribution in [-0.2, 0) is 6.42 Å². The number of rotatable bonds is 6. The van der Waals surface area contributed by atoms with Crippen molar-refractivity contribution < 1.29 is 4.74 Å². The molecule has 2 N–H and O–H groups in total. The first-order chi connectivity index (χ1) is 14.1. The molecule has 6 nitrogen and oxygen atoms in total. The maximum Gasteiger partial charge on any atom is 0.280 e. The first kappa shape index (κ1) is 18.8. The number of methoxy groups -OCH3 is 1. The van der Waals surface area contributed by atoms with Crippen molar-refractivity contribution in [2.24, 2.45) is 4.99 Å². The number of aryl methyl sites for hydroxylation is 1. The number of nitrogens with zero attached hydrogens (tertiary/aromatic N) is 2. The van der Waals surface area contributed by atoms with Crippen LogP contribution >= 0.6 is 0 Å². The highest BCUT2D eigenvalue weighted by Crippen LogP contribution is 2.18. The van der Waals surface area contributed by atoms with Crippen molar-refractivity contribution in [3.63, 3.8) is 0 Å². The number of para-hydroxylation sites is 1. The van der Waals surface area contributed by atoms with E-state index in [0.717, 1.165) is 34.8 Å². The molecule has 2 aromatic carbocycles. The standard InChI is InChI=1S/C23H24N4O2/c1-15(24-13-12-17-14-25-21-7-5-4-6-20(17)21)22-16(2)26-27(23(22)28)18-8-10-19(29-3)11-9-18/h4-11,14,25-26H,12-13H2,1-3H3. The van der Waals surface area contributed by atoms with E-state index < -0.39 is 0 Å². The normalized spacial score (nSPS) is 11.9. The van der Waals surface area contributed by atoms with Crippen LogP contribution in [0.5, 0.6) is 5.75 Å². The van der Waals surface area contributed by atoms with E-state index in [4.69, 9.17) is 4.74 Å². The molecule has 0 saturated carbocycles. The van der Waals surface area contributed by atoms with Gasteiger partial charge in [0.15, 0.2) is 0 Å². The first-order valence-corrected chi connectivity index (χ1v) is 9.61. The van der Waals surface area contributed by atoms with Crippen molar-refractivity contribution in [1.29, 1.82) is 0 Å². The van der Waals surface area contributed by atoms with Gasteiger partial charge in [-0.15, -0.1) is 0 Å². The minimum absolute atomic E-state index is 0.0963. The molecule has 4 rings (SSSR count). The van der Waals surface area contributed by atoms with E-state index in [1.807, 2.05) is 56.4 Å². The minimum atomic E-state index is -0.0963. The zero-order valence-corrected chi connectivity index (χ0v) is 16.8. The Morgan fingerprint density at radius 1 is 1.14 bits per heavy atom. The Labute approximate surface area is 168 Å². The first-order valence-electron chi connectivity index (χ1n) is 9.61. The molecule has 0 amide bonds. The van der Waals surface area contributed by atoms with E-state index in [2.05, 4.69) is 27.2 Å². The van der Waals surface area contributed by atoms with Gasteiger partial charge in [0, 0.05) is 35.1 Å². The summed E-state index contributed by atoms with van der Waals surface area (Å²) in [6.45, 7) is 4.42. The smallest absolute Gasteiger partial charge is 0.280 e. The zero-order valence-electron chi connectivity index (χ0n) is 16.8. The van der Waals surface area contributed by atoms with Gasteiger partial charge in [-0.25, -0.2) is 4.68 Å². The Hall–Kier alpha value is -3.54.